The lowest BCUT2D eigenvalue weighted by Gasteiger charge is -2.28. The van der Waals surface area contributed by atoms with Gasteiger partial charge < -0.3 is 29.8 Å². The van der Waals surface area contributed by atoms with Crippen molar-refractivity contribution in [1.29, 1.82) is 0 Å². The summed E-state index contributed by atoms with van der Waals surface area (Å²) >= 11 is 0. The van der Waals surface area contributed by atoms with Crippen LogP contribution in [0.15, 0.2) is 18.2 Å². The molecule has 0 aliphatic heterocycles. The Morgan fingerprint density at radius 2 is 1.62 bits per heavy atom. The maximum Gasteiger partial charge on any atom is 0.508 e. The number of carboxylic acid groups (broad SMARTS) is 1. The Labute approximate surface area is 199 Å². The summed E-state index contributed by atoms with van der Waals surface area (Å²) < 4.78 is 20.6. The van der Waals surface area contributed by atoms with Gasteiger partial charge in [-0.2, -0.15) is 0 Å². The summed E-state index contributed by atoms with van der Waals surface area (Å²) in [5.74, 6) is -2.35. The highest BCUT2D eigenvalue weighted by Crippen LogP contribution is 2.31. The van der Waals surface area contributed by atoms with Crippen LogP contribution in [-0.4, -0.2) is 47.4 Å². The molecule has 0 spiro atoms. The minimum Gasteiger partial charge on any atom is -0.480 e. The molecular formula is C24H35NO9. The van der Waals surface area contributed by atoms with Crippen molar-refractivity contribution < 1.29 is 43.2 Å². The van der Waals surface area contributed by atoms with E-state index in [1.165, 1.54) is 25.1 Å². The van der Waals surface area contributed by atoms with Gasteiger partial charge in [0, 0.05) is 25.7 Å². The van der Waals surface area contributed by atoms with E-state index in [9.17, 15) is 24.3 Å². The first-order valence-corrected chi connectivity index (χ1v) is 11.4. The Bertz CT molecular complexity index is 855. The topological polar surface area (TPSA) is 151 Å². The van der Waals surface area contributed by atoms with Crippen molar-refractivity contribution in [2.24, 2.45) is 5.73 Å². The van der Waals surface area contributed by atoms with Gasteiger partial charge >= 0.3 is 24.1 Å². The largest absolute Gasteiger partial charge is 0.508 e. The molecule has 0 aromatic heterocycles. The SMILES string of the molecule is CCCCCOC(=O)O[C@@H](C)CC(N)(Cc1ccc(OC(=O)CC)c(OC(=O)CC)c1)C(=O)O. The van der Waals surface area contributed by atoms with Crippen LogP contribution in [0.1, 0.15) is 71.8 Å². The molecule has 0 saturated carbocycles. The molecule has 0 saturated heterocycles. The highest BCUT2D eigenvalue weighted by molar-refractivity contribution is 5.79. The van der Waals surface area contributed by atoms with Crippen LogP contribution in [0.2, 0.25) is 0 Å². The Morgan fingerprint density at radius 1 is 1.00 bits per heavy atom. The van der Waals surface area contributed by atoms with Crippen molar-refractivity contribution >= 4 is 24.1 Å². The van der Waals surface area contributed by atoms with Gasteiger partial charge in [0.05, 0.1) is 6.61 Å². The molecule has 0 aliphatic rings. The minimum absolute atomic E-state index is 0.0150. The lowest BCUT2D eigenvalue weighted by Crippen LogP contribution is -2.52. The third-order valence-electron chi connectivity index (χ3n) is 4.90. The van der Waals surface area contributed by atoms with Crippen LogP contribution in [0.25, 0.3) is 0 Å². The number of unbranched alkanes of at least 4 members (excludes halogenated alkanes) is 2. The maximum atomic E-state index is 12.0. The van der Waals surface area contributed by atoms with E-state index in [1.807, 2.05) is 6.92 Å². The van der Waals surface area contributed by atoms with Gasteiger partial charge in [-0.05, 0) is 31.0 Å². The predicted molar refractivity (Wildman–Crippen MR) is 123 cm³/mol. The van der Waals surface area contributed by atoms with Gasteiger partial charge in [0.15, 0.2) is 11.5 Å². The molecule has 0 aliphatic carbocycles. The number of nitrogens with two attached hydrogens (primary N) is 1. The van der Waals surface area contributed by atoms with Crippen LogP contribution >= 0.6 is 0 Å². The summed E-state index contributed by atoms with van der Waals surface area (Å²) in [4.78, 5) is 47.3. The average Bonchev–Trinajstić information content (AvgIpc) is 2.77. The summed E-state index contributed by atoms with van der Waals surface area (Å²) in [6, 6.07) is 4.35. The minimum atomic E-state index is -1.80. The van der Waals surface area contributed by atoms with E-state index in [1.54, 1.807) is 13.8 Å². The Kier molecular flexibility index (Phi) is 12.1. The number of ether oxygens (including phenoxy) is 4. The van der Waals surface area contributed by atoms with Crippen molar-refractivity contribution in [2.45, 2.75) is 84.3 Å². The van der Waals surface area contributed by atoms with Crippen molar-refractivity contribution in [3.8, 4) is 11.5 Å². The van der Waals surface area contributed by atoms with E-state index in [0.29, 0.717) is 12.0 Å². The van der Waals surface area contributed by atoms with Crippen LogP contribution in [0.5, 0.6) is 11.5 Å². The molecule has 2 atom stereocenters. The van der Waals surface area contributed by atoms with E-state index >= 15 is 0 Å². The van der Waals surface area contributed by atoms with Gasteiger partial charge in [-0.25, -0.2) is 4.79 Å². The van der Waals surface area contributed by atoms with Gasteiger partial charge in [0.25, 0.3) is 0 Å². The number of rotatable bonds is 14. The van der Waals surface area contributed by atoms with Crippen molar-refractivity contribution in [3.63, 3.8) is 0 Å². The lowest BCUT2D eigenvalue weighted by atomic mass is 9.86. The molecule has 3 N–H and O–H groups in total. The van der Waals surface area contributed by atoms with Crippen LogP contribution in [0.4, 0.5) is 4.79 Å². The number of carbonyl (C=O) groups excluding carboxylic acids is 3. The summed E-state index contributed by atoms with van der Waals surface area (Å²) in [7, 11) is 0. The Hall–Kier alpha value is -3.14. The van der Waals surface area contributed by atoms with Gasteiger partial charge in [-0.3, -0.25) is 14.4 Å². The lowest BCUT2D eigenvalue weighted by molar-refractivity contribution is -0.144. The van der Waals surface area contributed by atoms with Gasteiger partial charge in [0.1, 0.15) is 11.6 Å². The zero-order valence-electron chi connectivity index (χ0n) is 20.3. The maximum absolute atomic E-state index is 12.0. The molecule has 0 bridgehead atoms. The third-order valence-corrected chi connectivity index (χ3v) is 4.90. The van der Waals surface area contributed by atoms with Crippen molar-refractivity contribution in [1.82, 2.24) is 0 Å². The highest BCUT2D eigenvalue weighted by Gasteiger charge is 2.37. The summed E-state index contributed by atoms with van der Waals surface area (Å²) in [6.45, 7) is 7.00. The fraction of sp³-hybridized carbons (Fsp3) is 0.583. The number of esters is 2. The normalized spacial score (nSPS) is 13.3. The van der Waals surface area contributed by atoms with E-state index in [0.717, 1.165) is 12.8 Å². The van der Waals surface area contributed by atoms with E-state index in [2.05, 4.69) is 0 Å². The summed E-state index contributed by atoms with van der Waals surface area (Å²) in [6.07, 6.45) is 0.740. The molecule has 10 nitrogen and oxygen atoms in total. The zero-order valence-corrected chi connectivity index (χ0v) is 20.3. The first-order valence-electron chi connectivity index (χ1n) is 11.4. The molecule has 0 fully saturated rings. The molecular weight excluding hydrogens is 446 g/mol. The first kappa shape index (κ1) is 28.9. The quantitative estimate of drug-likeness (QED) is 0.228. The number of benzene rings is 1. The third kappa shape index (κ3) is 9.78. The molecule has 1 aromatic carbocycles. The number of hydrogen-bond donors (Lipinski definition) is 2. The molecule has 0 radical (unpaired) electrons. The summed E-state index contributed by atoms with van der Waals surface area (Å²) in [5, 5.41) is 9.78. The van der Waals surface area contributed by atoms with Gasteiger partial charge in [-0.1, -0.05) is 39.7 Å². The fourth-order valence-corrected chi connectivity index (χ4v) is 3.08. The molecule has 1 aromatic rings. The second kappa shape index (κ2) is 14.2. The van der Waals surface area contributed by atoms with Crippen molar-refractivity contribution in [2.75, 3.05) is 6.61 Å². The van der Waals surface area contributed by atoms with Crippen molar-refractivity contribution in [3.05, 3.63) is 23.8 Å². The molecule has 1 rings (SSSR count). The fourth-order valence-electron chi connectivity index (χ4n) is 3.08. The summed E-state index contributed by atoms with van der Waals surface area (Å²) in [5.41, 5.74) is 4.81. The molecule has 10 heteroatoms. The second-order valence-electron chi connectivity index (χ2n) is 8.01. The highest BCUT2D eigenvalue weighted by atomic mass is 16.7. The molecule has 1 unspecified atom stereocenters. The van der Waals surface area contributed by atoms with Gasteiger partial charge in [-0.15, -0.1) is 0 Å². The Balaban J connectivity index is 2.98. The monoisotopic (exact) mass is 481 g/mol. The molecule has 190 valence electrons. The number of aliphatic carboxylic acids is 1. The zero-order chi connectivity index (χ0) is 25.7. The second-order valence-corrected chi connectivity index (χ2v) is 8.01. The first-order chi connectivity index (χ1) is 16.0. The predicted octanol–water partition coefficient (Wildman–Crippen LogP) is 3.76. The number of carboxylic acids is 1. The van der Waals surface area contributed by atoms with Crippen LogP contribution in [0.3, 0.4) is 0 Å². The molecule has 0 amide bonds. The van der Waals surface area contributed by atoms with Crippen LogP contribution in [-0.2, 0) is 30.3 Å². The van der Waals surface area contributed by atoms with Crippen LogP contribution in [0, 0.1) is 0 Å². The standard InChI is InChI=1S/C24H35NO9/c1-5-8-9-12-31-23(30)32-16(4)14-24(25,22(28)29)15-17-10-11-18(33-20(26)6-2)19(13-17)34-21(27)7-3/h10-11,13,16H,5-9,12,14-15,25H2,1-4H3,(H,28,29)/t16-,24?/m0/s1. The van der Waals surface area contributed by atoms with Crippen LogP contribution < -0.4 is 15.2 Å². The van der Waals surface area contributed by atoms with E-state index in [-0.39, 0.29) is 43.8 Å². The molecule has 34 heavy (non-hydrogen) atoms. The average molecular weight is 482 g/mol. The number of hydrogen-bond acceptors (Lipinski definition) is 9. The molecule has 0 heterocycles. The van der Waals surface area contributed by atoms with Gasteiger partial charge in [0.2, 0.25) is 0 Å². The number of carbonyl (C=O) groups is 4. The van der Waals surface area contributed by atoms with E-state index < -0.39 is 35.7 Å². The smallest absolute Gasteiger partial charge is 0.480 e. The Morgan fingerprint density at radius 3 is 2.18 bits per heavy atom. The van der Waals surface area contributed by atoms with E-state index in [4.69, 9.17) is 24.7 Å².